The summed E-state index contributed by atoms with van der Waals surface area (Å²) in [5.74, 6) is -0.278. The van der Waals surface area contributed by atoms with Crippen LogP contribution in [0.5, 0.6) is 0 Å². The second-order valence-corrected chi connectivity index (χ2v) is 8.04. The molecule has 1 aromatic rings. The lowest BCUT2D eigenvalue weighted by Gasteiger charge is -2.33. The average Bonchev–Trinajstić information content (AvgIpc) is 2.13. The van der Waals surface area contributed by atoms with E-state index in [9.17, 15) is 4.39 Å². The Balaban J connectivity index is 3.22. The van der Waals surface area contributed by atoms with Crippen LogP contribution in [0, 0.1) is 11.2 Å². The highest BCUT2D eigenvalue weighted by molar-refractivity contribution is 6.48. The Bertz CT molecular complexity index is 367. The van der Waals surface area contributed by atoms with E-state index in [-0.39, 0.29) is 17.3 Å². The van der Waals surface area contributed by atoms with Gasteiger partial charge >= 0.3 is 0 Å². The Labute approximate surface area is 105 Å². The number of nitrogen functional groups attached to an aromatic ring is 1. The Kier molecular flexibility index (Phi) is 4.33. The van der Waals surface area contributed by atoms with Crippen LogP contribution in [0.15, 0.2) is 18.2 Å². The number of nitrogens with two attached hydrogens (primary N) is 1. The molecule has 1 aromatic carbocycles. The predicted molar refractivity (Wildman–Crippen MR) is 73.0 cm³/mol. The van der Waals surface area contributed by atoms with E-state index in [0.717, 1.165) is 0 Å². The predicted octanol–water partition coefficient (Wildman–Crippen LogP) is 3.50. The van der Waals surface area contributed by atoms with Gasteiger partial charge in [0.1, 0.15) is 5.82 Å². The van der Waals surface area contributed by atoms with Gasteiger partial charge in [-0.2, -0.15) is 0 Å². The largest absolute Gasteiger partial charge is 0.413 e. The minimum atomic E-state index is -1.26. The first-order valence-electron chi connectivity index (χ1n) is 5.93. The summed E-state index contributed by atoms with van der Waals surface area (Å²) < 4.78 is 19.9. The summed E-state index contributed by atoms with van der Waals surface area (Å²) in [4.78, 5) is 0. The number of rotatable bonds is 3. The average molecular weight is 255 g/mol. The summed E-state index contributed by atoms with van der Waals surface area (Å²) >= 11 is 0. The molecule has 0 radical (unpaired) electrons. The zero-order valence-corrected chi connectivity index (χ0v) is 12.4. The van der Waals surface area contributed by atoms with E-state index >= 15 is 0 Å². The zero-order valence-electron chi connectivity index (χ0n) is 11.3. The summed E-state index contributed by atoms with van der Waals surface area (Å²) in [6, 6.07) is 4.79. The molecule has 1 rings (SSSR count). The Morgan fingerprint density at radius 3 is 2.29 bits per heavy atom. The van der Waals surface area contributed by atoms with Gasteiger partial charge in [-0.05, 0) is 30.6 Å². The quantitative estimate of drug-likeness (QED) is 0.663. The molecule has 17 heavy (non-hydrogen) atoms. The molecule has 96 valence electrons. The van der Waals surface area contributed by atoms with Gasteiger partial charge < -0.3 is 10.2 Å². The van der Waals surface area contributed by atoms with Crippen molar-refractivity contribution in [3.05, 3.63) is 29.6 Å². The van der Waals surface area contributed by atoms with Crippen LogP contribution in [0.1, 0.15) is 32.4 Å². The van der Waals surface area contributed by atoms with Crippen molar-refractivity contribution in [2.45, 2.75) is 40.0 Å². The summed E-state index contributed by atoms with van der Waals surface area (Å²) in [6.07, 6.45) is -0.282. The first-order valence-corrected chi connectivity index (χ1v) is 8.71. The second kappa shape index (κ2) is 5.19. The van der Waals surface area contributed by atoms with Gasteiger partial charge in [-0.25, -0.2) is 4.39 Å². The highest BCUT2D eigenvalue weighted by atomic mass is 28.3. The van der Waals surface area contributed by atoms with Crippen molar-refractivity contribution in [2.75, 3.05) is 5.73 Å². The van der Waals surface area contributed by atoms with Gasteiger partial charge in [0, 0.05) is 11.3 Å². The lowest BCUT2D eigenvalue weighted by atomic mass is 9.84. The molecule has 0 amide bonds. The Hall–Kier alpha value is -0.873. The van der Waals surface area contributed by atoms with E-state index in [1.54, 1.807) is 12.1 Å². The Morgan fingerprint density at radius 1 is 1.29 bits per heavy atom. The molecule has 2 N–H and O–H groups in total. The maximum Gasteiger partial charge on any atom is 0.171 e. The standard InChI is InChI=1S/C13H22FNOSi/c1-13(2,3)12(16-17(4)5)11-9(14)7-6-8-10(11)15/h6-8,12,17H,15H2,1-5H3. The molecule has 0 saturated heterocycles. The van der Waals surface area contributed by atoms with E-state index in [0.29, 0.717) is 11.3 Å². The molecule has 0 saturated carbocycles. The fourth-order valence-electron chi connectivity index (χ4n) is 1.81. The zero-order chi connectivity index (χ0) is 13.2. The number of hydrogen-bond donors (Lipinski definition) is 1. The number of halogens is 1. The van der Waals surface area contributed by atoms with E-state index in [2.05, 4.69) is 13.1 Å². The molecular weight excluding hydrogens is 233 g/mol. The van der Waals surface area contributed by atoms with Crippen LogP contribution >= 0.6 is 0 Å². The molecule has 0 bridgehead atoms. The SMILES string of the molecule is C[SiH](C)OC(c1c(N)cccc1F)C(C)(C)C. The lowest BCUT2D eigenvalue weighted by Crippen LogP contribution is -2.27. The monoisotopic (exact) mass is 255 g/mol. The van der Waals surface area contributed by atoms with E-state index in [1.165, 1.54) is 6.07 Å². The van der Waals surface area contributed by atoms with Crippen LogP contribution in [-0.4, -0.2) is 9.04 Å². The third kappa shape index (κ3) is 3.54. The van der Waals surface area contributed by atoms with Crippen molar-refractivity contribution >= 4 is 14.7 Å². The summed E-state index contributed by atoms with van der Waals surface area (Å²) in [7, 11) is -1.26. The van der Waals surface area contributed by atoms with Gasteiger partial charge in [0.2, 0.25) is 0 Å². The number of benzene rings is 1. The van der Waals surface area contributed by atoms with Crippen LogP contribution in [0.2, 0.25) is 13.1 Å². The van der Waals surface area contributed by atoms with Gasteiger partial charge in [-0.15, -0.1) is 0 Å². The second-order valence-electron chi connectivity index (χ2n) is 5.67. The van der Waals surface area contributed by atoms with E-state index < -0.39 is 9.04 Å². The molecule has 1 atom stereocenters. The fraction of sp³-hybridized carbons (Fsp3) is 0.538. The summed E-state index contributed by atoms with van der Waals surface area (Å²) in [6.45, 7) is 10.3. The first kappa shape index (κ1) is 14.2. The third-order valence-corrected chi connectivity index (χ3v) is 3.36. The van der Waals surface area contributed by atoms with Crippen LogP contribution in [-0.2, 0) is 4.43 Å². The summed E-state index contributed by atoms with van der Waals surface area (Å²) in [5.41, 5.74) is 6.69. The lowest BCUT2D eigenvalue weighted by molar-refractivity contribution is 0.0839. The van der Waals surface area contributed by atoms with Gasteiger partial charge in [-0.3, -0.25) is 0 Å². The van der Waals surface area contributed by atoms with Gasteiger partial charge in [-0.1, -0.05) is 26.8 Å². The maximum atomic E-state index is 13.9. The maximum absolute atomic E-state index is 13.9. The number of anilines is 1. The molecule has 4 heteroatoms. The smallest absolute Gasteiger partial charge is 0.171 e. The van der Waals surface area contributed by atoms with Crippen LogP contribution < -0.4 is 5.73 Å². The molecule has 0 spiro atoms. The Morgan fingerprint density at radius 2 is 1.88 bits per heavy atom. The van der Waals surface area contributed by atoms with Crippen molar-refractivity contribution in [3.8, 4) is 0 Å². The van der Waals surface area contributed by atoms with Crippen LogP contribution in [0.4, 0.5) is 10.1 Å². The minimum absolute atomic E-state index is 0.173. The van der Waals surface area contributed by atoms with E-state index in [1.807, 2.05) is 20.8 Å². The first-order chi connectivity index (χ1) is 7.73. The van der Waals surface area contributed by atoms with Crippen molar-refractivity contribution < 1.29 is 8.82 Å². The van der Waals surface area contributed by atoms with Crippen molar-refractivity contribution in [3.63, 3.8) is 0 Å². The van der Waals surface area contributed by atoms with Crippen molar-refractivity contribution in [1.82, 2.24) is 0 Å². The third-order valence-electron chi connectivity index (χ3n) is 2.54. The topological polar surface area (TPSA) is 35.2 Å². The highest BCUT2D eigenvalue weighted by Crippen LogP contribution is 2.40. The fourth-order valence-corrected chi connectivity index (χ4v) is 2.90. The van der Waals surface area contributed by atoms with Gasteiger partial charge in [0.15, 0.2) is 9.04 Å². The van der Waals surface area contributed by atoms with Crippen LogP contribution in [0.25, 0.3) is 0 Å². The van der Waals surface area contributed by atoms with E-state index in [4.69, 9.17) is 10.2 Å². The summed E-state index contributed by atoms with van der Waals surface area (Å²) in [5, 5.41) is 0. The molecule has 0 aromatic heterocycles. The molecular formula is C13H22FNOSi. The number of hydrogen-bond acceptors (Lipinski definition) is 2. The molecule has 0 aliphatic rings. The van der Waals surface area contributed by atoms with Gasteiger partial charge in [0.05, 0.1) is 6.10 Å². The van der Waals surface area contributed by atoms with Crippen molar-refractivity contribution in [1.29, 1.82) is 0 Å². The highest BCUT2D eigenvalue weighted by Gasteiger charge is 2.31. The van der Waals surface area contributed by atoms with Crippen LogP contribution in [0.3, 0.4) is 0 Å². The molecule has 0 fully saturated rings. The molecule has 0 aliphatic heterocycles. The normalized spacial score (nSPS) is 14.1. The molecule has 2 nitrogen and oxygen atoms in total. The van der Waals surface area contributed by atoms with Gasteiger partial charge in [0.25, 0.3) is 0 Å². The molecule has 0 heterocycles. The van der Waals surface area contributed by atoms with Crippen molar-refractivity contribution in [2.24, 2.45) is 5.41 Å². The molecule has 1 unspecified atom stereocenters. The molecule has 0 aliphatic carbocycles. The minimum Gasteiger partial charge on any atom is -0.413 e.